The molecule has 0 amide bonds. The number of ether oxygens (including phenoxy) is 1. The molecule has 2 rings (SSSR count). The quantitative estimate of drug-likeness (QED) is 0.341. The third-order valence-electron chi connectivity index (χ3n) is 3.84. The van der Waals surface area contributed by atoms with Crippen LogP contribution in [0.15, 0.2) is 61.2 Å². The molecule has 0 saturated carbocycles. The van der Waals surface area contributed by atoms with Gasteiger partial charge in [-0.05, 0) is 74.6 Å². The molecule has 1 nitrogen and oxygen atoms in total. The van der Waals surface area contributed by atoms with E-state index in [4.69, 9.17) is 4.74 Å². The maximum Gasteiger partial charge on any atom is 0.119 e. The second-order valence-corrected chi connectivity index (χ2v) is 5.79. The summed E-state index contributed by atoms with van der Waals surface area (Å²) in [5.74, 6) is 7.31. The molecule has 24 heavy (non-hydrogen) atoms. The average Bonchev–Trinajstić information content (AvgIpc) is 2.62. The van der Waals surface area contributed by atoms with Gasteiger partial charge in [0, 0.05) is 11.1 Å². The van der Waals surface area contributed by atoms with Gasteiger partial charge in [0.25, 0.3) is 0 Å². The molecular weight excluding hydrogens is 292 g/mol. The summed E-state index contributed by atoms with van der Waals surface area (Å²) in [6.07, 6.45) is 8.02. The lowest BCUT2D eigenvalue weighted by Gasteiger charge is -2.02. The minimum Gasteiger partial charge on any atom is -0.494 e. The second kappa shape index (κ2) is 10.3. The van der Waals surface area contributed by atoms with Gasteiger partial charge in [-0.1, -0.05) is 36.5 Å². The van der Waals surface area contributed by atoms with Crippen LogP contribution in [0.3, 0.4) is 0 Å². The van der Waals surface area contributed by atoms with E-state index in [1.54, 1.807) is 0 Å². The van der Waals surface area contributed by atoms with Crippen LogP contribution >= 0.6 is 0 Å². The normalized spacial score (nSPS) is 9.88. The van der Waals surface area contributed by atoms with Crippen molar-refractivity contribution in [2.45, 2.75) is 39.0 Å². The van der Waals surface area contributed by atoms with Crippen molar-refractivity contribution >= 4 is 0 Å². The summed E-state index contributed by atoms with van der Waals surface area (Å²) in [4.78, 5) is 0. The highest BCUT2D eigenvalue weighted by Crippen LogP contribution is 2.12. The molecule has 0 aliphatic heterocycles. The van der Waals surface area contributed by atoms with Gasteiger partial charge in [-0.2, -0.15) is 0 Å². The first kappa shape index (κ1) is 17.9. The van der Waals surface area contributed by atoms with Crippen LogP contribution < -0.4 is 4.74 Å². The Morgan fingerprint density at radius 3 is 2.08 bits per heavy atom. The lowest BCUT2D eigenvalue weighted by Crippen LogP contribution is -1.90. The van der Waals surface area contributed by atoms with Crippen molar-refractivity contribution in [2.24, 2.45) is 0 Å². The summed E-state index contributed by atoms with van der Waals surface area (Å²) < 4.78 is 5.44. The van der Waals surface area contributed by atoms with Crippen molar-refractivity contribution in [1.82, 2.24) is 0 Å². The molecule has 0 N–H and O–H groups in total. The van der Waals surface area contributed by atoms with Gasteiger partial charge in [-0.15, -0.1) is 6.58 Å². The Morgan fingerprint density at radius 1 is 0.875 bits per heavy atom. The Labute approximate surface area is 146 Å². The van der Waals surface area contributed by atoms with Gasteiger partial charge >= 0.3 is 0 Å². The number of allylic oxidation sites excluding steroid dienone is 1. The Balaban J connectivity index is 1.86. The van der Waals surface area contributed by atoms with E-state index in [0.717, 1.165) is 29.7 Å². The van der Waals surface area contributed by atoms with Crippen molar-refractivity contribution in [3.63, 3.8) is 0 Å². The smallest absolute Gasteiger partial charge is 0.119 e. The van der Waals surface area contributed by atoms with E-state index in [1.807, 2.05) is 37.3 Å². The molecule has 0 bridgehead atoms. The lowest BCUT2D eigenvalue weighted by atomic mass is 10.0. The second-order valence-electron chi connectivity index (χ2n) is 5.79. The molecule has 0 spiro atoms. The Kier molecular flexibility index (Phi) is 7.71. The van der Waals surface area contributed by atoms with Crippen LogP contribution in [-0.2, 0) is 6.42 Å². The first-order valence-corrected chi connectivity index (χ1v) is 8.76. The SMILES string of the molecule is C=CCCCCCc1ccc(C#Cc2ccc(OCC)cc2)cc1. The van der Waals surface area contributed by atoms with Crippen molar-refractivity contribution in [3.8, 4) is 17.6 Å². The number of hydrogen-bond donors (Lipinski definition) is 0. The molecule has 0 fully saturated rings. The molecule has 1 heteroatoms. The van der Waals surface area contributed by atoms with Gasteiger partial charge in [0.1, 0.15) is 5.75 Å². The van der Waals surface area contributed by atoms with E-state index in [1.165, 1.54) is 24.8 Å². The third kappa shape index (κ3) is 6.34. The molecule has 0 aliphatic rings. The number of hydrogen-bond acceptors (Lipinski definition) is 1. The Bertz CT molecular complexity index is 669. The maximum absolute atomic E-state index is 5.44. The molecule has 124 valence electrons. The summed E-state index contributed by atoms with van der Waals surface area (Å²) >= 11 is 0. The van der Waals surface area contributed by atoms with Gasteiger partial charge < -0.3 is 4.74 Å². The fourth-order valence-electron chi connectivity index (χ4n) is 2.49. The summed E-state index contributed by atoms with van der Waals surface area (Å²) in [6, 6.07) is 16.5. The Morgan fingerprint density at radius 2 is 1.50 bits per heavy atom. The summed E-state index contributed by atoms with van der Waals surface area (Å²) in [5.41, 5.74) is 3.45. The van der Waals surface area contributed by atoms with Crippen molar-refractivity contribution in [1.29, 1.82) is 0 Å². The maximum atomic E-state index is 5.44. The predicted molar refractivity (Wildman–Crippen MR) is 102 cm³/mol. The zero-order valence-corrected chi connectivity index (χ0v) is 14.6. The standard InChI is InChI=1S/C23H26O/c1-3-5-6-7-8-9-20-10-12-21(13-11-20)14-15-22-16-18-23(19-17-22)24-4-2/h3,10-13,16-19H,1,4-9H2,2H3. The van der Waals surface area contributed by atoms with Crippen LogP contribution in [0, 0.1) is 11.8 Å². The van der Waals surface area contributed by atoms with Crippen molar-refractivity contribution < 1.29 is 4.74 Å². The number of rotatable bonds is 8. The minimum atomic E-state index is 0.686. The Hall–Kier alpha value is -2.46. The van der Waals surface area contributed by atoms with Crippen LogP contribution in [0.4, 0.5) is 0 Å². The fraction of sp³-hybridized carbons (Fsp3) is 0.304. The summed E-state index contributed by atoms with van der Waals surface area (Å²) in [7, 11) is 0. The first-order chi connectivity index (χ1) is 11.8. The van der Waals surface area contributed by atoms with Crippen molar-refractivity contribution in [2.75, 3.05) is 6.61 Å². The average molecular weight is 318 g/mol. The van der Waals surface area contributed by atoms with Crippen LogP contribution in [0.25, 0.3) is 0 Å². The summed E-state index contributed by atoms with van der Waals surface area (Å²) in [6.45, 7) is 6.43. The van der Waals surface area contributed by atoms with E-state index in [9.17, 15) is 0 Å². The molecule has 0 atom stereocenters. The fourth-order valence-corrected chi connectivity index (χ4v) is 2.49. The highest BCUT2D eigenvalue weighted by Gasteiger charge is 1.95. The van der Waals surface area contributed by atoms with Gasteiger partial charge in [-0.25, -0.2) is 0 Å². The molecule has 0 aromatic heterocycles. The van der Waals surface area contributed by atoms with Crippen LogP contribution in [-0.4, -0.2) is 6.61 Å². The molecule has 0 radical (unpaired) electrons. The van der Waals surface area contributed by atoms with Crippen LogP contribution in [0.2, 0.25) is 0 Å². The van der Waals surface area contributed by atoms with Crippen molar-refractivity contribution in [3.05, 3.63) is 77.9 Å². The highest BCUT2D eigenvalue weighted by molar-refractivity contribution is 5.44. The zero-order valence-electron chi connectivity index (χ0n) is 14.6. The number of benzene rings is 2. The molecule has 0 heterocycles. The first-order valence-electron chi connectivity index (χ1n) is 8.76. The molecule has 0 aliphatic carbocycles. The predicted octanol–water partition coefficient (Wildman–Crippen LogP) is 5.77. The van der Waals surface area contributed by atoms with Gasteiger partial charge in [0.15, 0.2) is 0 Å². The number of aryl methyl sites for hydroxylation is 1. The largest absolute Gasteiger partial charge is 0.494 e. The van der Waals surface area contributed by atoms with Crippen LogP contribution in [0.1, 0.15) is 49.3 Å². The van der Waals surface area contributed by atoms with Gasteiger partial charge in [-0.3, -0.25) is 0 Å². The summed E-state index contributed by atoms with van der Waals surface area (Å²) in [5, 5.41) is 0. The van der Waals surface area contributed by atoms with E-state index >= 15 is 0 Å². The molecule has 2 aromatic rings. The number of unbranched alkanes of at least 4 members (excludes halogenated alkanes) is 3. The highest BCUT2D eigenvalue weighted by atomic mass is 16.5. The zero-order chi connectivity index (χ0) is 17.0. The van der Waals surface area contributed by atoms with Gasteiger partial charge in [0.2, 0.25) is 0 Å². The lowest BCUT2D eigenvalue weighted by molar-refractivity contribution is 0.340. The van der Waals surface area contributed by atoms with E-state index in [-0.39, 0.29) is 0 Å². The minimum absolute atomic E-state index is 0.686. The molecule has 0 unspecified atom stereocenters. The molecular formula is C23H26O. The van der Waals surface area contributed by atoms with Crippen LogP contribution in [0.5, 0.6) is 5.75 Å². The van der Waals surface area contributed by atoms with E-state index in [0.29, 0.717) is 6.61 Å². The van der Waals surface area contributed by atoms with E-state index < -0.39 is 0 Å². The van der Waals surface area contributed by atoms with E-state index in [2.05, 4.69) is 42.7 Å². The molecule has 0 saturated heterocycles. The monoisotopic (exact) mass is 318 g/mol. The topological polar surface area (TPSA) is 9.23 Å². The molecule has 2 aromatic carbocycles. The van der Waals surface area contributed by atoms with Gasteiger partial charge in [0.05, 0.1) is 6.61 Å². The third-order valence-corrected chi connectivity index (χ3v) is 3.84.